The molecule has 2 aromatic heterocycles. The van der Waals surface area contributed by atoms with Crippen molar-refractivity contribution in [3.8, 4) is 11.4 Å². The van der Waals surface area contributed by atoms with E-state index in [1.165, 1.54) is 0 Å². The molecule has 0 bridgehead atoms. The van der Waals surface area contributed by atoms with Gasteiger partial charge in [0, 0.05) is 31.4 Å². The number of carbonyl (C=O) groups is 1. The van der Waals surface area contributed by atoms with Crippen molar-refractivity contribution in [2.24, 2.45) is 0 Å². The van der Waals surface area contributed by atoms with E-state index in [-0.39, 0.29) is 0 Å². The van der Waals surface area contributed by atoms with Crippen LogP contribution >= 0.6 is 0 Å². The molecule has 3 rings (SSSR count). The molecule has 19 heavy (non-hydrogen) atoms. The van der Waals surface area contributed by atoms with Gasteiger partial charge in [-0.3, -0.25) is 0 Å². The maximum Gasteiger partial charge on any atom is 0.337 e. The maximum atomic E-state index is 11.3. The van der Waals surface area contributed by atoms with Gasteiger partial charge in [0.2, 0.25) is 0 Å². The monoisotopic (exact) mass is 260 g/mol. The van der Waals surface area contributed by atoms with Gasteiger partial charge in [-0.2, -0.15) is 0 Å². The second kappa shape index (κ2) is 4.24. The SMILES string of the molecule is CN(C)Cc1cnc2n1CCc1[nH]cc(C(=O)O)c1-2. The van der Waals surface area contributed by atoms with Crippen molar-refractivity contribution in [3.63, 3.8) is 0 Å². The van der Waals surface area contributed by atoms with Gasteiger partial charge >= 0.3 is 5.97 Å². The molecule has 0 saturated heterocycles. The standard InChI is InChI=1S/C13H16N4O2/c1-16(2)7-8-5-15-12-11-9(13(18)19)6-14-10(11)3-4-17(8)12/h5-6,14H,3-4,7H2,1-2H3,(H,18,19). The number of hydrogen-bond acceptors (Lipinski definition) is 3. The van der Waals surface area contributed by atoms with E-state index >= 15 is 0 Å². The van der Waals surface area contributed by atoms with Crippen LogP contribution in [0.15, 0.2) is 12.4 Å². The van der Waals surface area contributed by atoms with E-state index in [0.29, 0.717) is 5.56 Å². The smallest absolute Gasteiger partial charge is 0.337 e. The van der Waals surface area contributed by atoms with Crippen LogP contribution in [0.4, 0.5) is 0 Å². The zero-order valence-electron chi connectivity index (χ0n) is 11.0. The third-order valence-corrected chi connectivity index (χ3v) is 3.42. The predicted octanol–water partition coefficient (Wildman–Crippen LogP) is 1.19. The van der Waals surface area contributed by atoms with Gasteiger partial charge in [-0.25, -0.2) is 9.78 Å². The molecule has 0 radical (unpaired) electrons. The van der Waals surface area contributed by atoms with Gasteiger partial charge in [0.25, 0.3) is 0 Å². The average molecular weight is 260 g/mol. The molecule has 1 aliphatic heterocycles. The van der Waals surface area contributed by atoms with Crippen LogP contribution in [0, 0.1) is 0 Å². The first-order valence-corrected chi connectivity index (χ1v) is 6.21. The number of carboxylic acid groups (broad SMARTS) is 1. The van der Waals surface area contributed by atoms with Gasteiger partial charge in [-0.1, -0.05) is 0 Å². The topological polar surface area (TPSA) is 74.2 Å². The first kappa shape index (κ1) is 12.0. The molecule has 0 unspecified atom stereocenters. The molecule has 2 aromatic rings. The van der Waals surface area contributed by atoms with Gasteiger partial charge in [-0.05, 0) is 14.1 Å². The molecular weight excluding hydrogens is 244 g/mol. The van der Waals surface area contributed by atoms with Gasteiger partial charge in [0.15, 0.2) is 0 Å². The molecule has 1 aliphatic rings. The lowest BCUT2D eigenvalue weighted by Gasteiger charge is -2.19. The normalized spacial score (nSPS) is 13.4. The van der Waals surface area contributed by atoms with E-state index < -0.39 is 5.97 Å². The van der Waals surface area contributed by atoms with Crippen LogP contribution in [0.5, 0.6) is 0 Å². The second-order valence-corrected chi connectivity index (χ2v) is 5.07. The number of fused-ring (bicyclic) bond motifs is 3. The lowest BCUT2D eigenvalue weighted by molar-refractivity contribution is 0.0697. The summed E-state index contributed by atoms with van der Waals surface area (Å²) in [5, 5.41) is 9.24. The van der Waals surface area contributed by atoms with Gasteiger partial charge in [-0.15, -0.1) is 0 Å². The number of imidazole rings is 1. The zero-order chi connectivity index (χ0) is 13.6. The summed E-state index contributed by atoms with van der Waals surface area (Å²) >= 11 is 0. The zero-order valence-corrected chi connectivity index (χ0v) is 11.0. The Kier molecular flexibility index (Phi) is 2.67. The van der Waals surface area contributed by atoms with Crippen molar-refractivity contribution in [2.45, 2.75) is 19.5 Å². The Labute approximate surface area is 110 Å². The van der Waals surface area contributed by atoms with Crippen molar-refractivity contribution in [1.82, 2.24) is 19.4 Å². The average Bonchev–Trinajstić information content (AvgIpc) is 2.91. The van der Waals surface area contributed by atoms with Crippen LogP contribution in [0.1, 0.15) is 21.7 Å². The number of nitrogens with zero attached hydrogens (tertiary/aromatic N) is 3. The van der Waals surface area contributed by atoms with E-state index in [9.17, 15) is 9.90 Å². The Bertz CT molecular complexity index is 639. The highest BCUT2D eigenvalue weighted by Gasteiger charge is 2.26. The first-order valence-electron chi connectivity index (χ1n) is 6.21. The van der Waals surface area contributed by atoms with Crippen LogP contribution in [-0.2, 0) is 19.5 Å². The van der Waals surface area contributed by atoms with Crippen molar-refractivity contribution in [3.05, 3.63) is 29.3 Å². The summed E-state index contributed by atoms with van der Waals surface area (Å²) < 4.78 is 2.11. The number of hydrogen-bond donors (Lipinski definition) is 2. The number of nitrogens with one attached hydrogen (secondary N) is 1. The molecule has 6 nitrogen and oxygen atoms in total. The molecule has 0 saturated carbocycles. The first-order chi connectivity index (χ1) is 9.08. The van der Waals surface area contributed by atoms with Gasteiger partial charge in [0.1, 0.15) is 5.82 Å². The fourth-order valence-electron chi connectivity index (χ4n) is 2.62. The number of aryl methyl sites for hydroxylation is 1. The van der Waals surface area contributed by atoms with E-state index in [1.807, 2.05) is 20.3 Å². The largest absolute Gasteiger partial charge is 0.478 e. The number of carboxylic acids is 1. The molecule has 0 aromatic carbocycles. The molecule has 0 aliphatic carbocycles. The number of aromatic nitrogens is 3. The highest BCUT2D eigenvalue weighted by molar-refractivity contribution is 5.96. The number of rotatable bonds is 3. The minimum Gasteiger partial charge on any atom is -0.478 e. The van der Waals surface area contributed by atoms with E-state index in [4.69, 9.17) is 0 Å². The quantitative estimate of drug-likeness (QED) is 0.869. The van der Waals surface area contributed by atoms with E-state index in [1.54, 1.807) is 6.20 Å². The predicted molar refractivity (Wildman–Crippen MR) is 70.1 cm³/mol. The third kappa shape index (κ3) is 1.84. The molecule has 100 valence electrons. The fraction of sp³-hybridized carbons (Fsp3) is 0.385. The molecule has 0 spiro atoms. The molecule has 0 atom stereocenters. The molecule has 0 fully saturated rings. The van der Waals surface area contributed by atoms with E-state index in [2.05, 4.69) is 19.4 Å². The summed E-state index contributed by atoms with van der Waals surface area (Å²) in [5.74, 6) is -0.153. The highest BCUT2D eigenvalue weighted by Crippen LogP contribution is 2.32. The van der Waals surface area contributed by atoms with Crippen molar-refractivity contribution < 1.29 is 9.90 Å². The van der Waals surface area contributed by atoms with Crippen molar-refractivity contribution in [2.75, 3.05) is 14.1 Å². The molecule has 0 amide bonds. The minimum absolute atomic E-state index is 0.304. The van der Waals surface area contributed by atoms with Gasteiger partial charge in [0.05, 0.1) is 23.0 Å². The molecule has 2 N–H and O–H groups in total. The molecular formula is C13H16N4O2. The summed E-state index contributed by atoms with van der Waals surface area (Å²) in [7, 11) is 4.01. The lowest BCUT2D eigenvalue weighted by Crippen LogP contribution is -2.18. The Hall–Kier alpha value is -2.08. The van der Waals surface area contributed by atoms with Crippen LogP contribution in [0.25, 0.3) is 11.4 Å². The minimum atomic E-state index is -0.914. The van der Waals surface area contributed by atoms with Crippen LogP contribution in [-0.4, -0.2) is 44.6 Å². The van der Waals surface area contributed by atoms with Gasteiger partial charge < -0.3 is 19.6 Å². The Morgan fingerprint density at radius 3 is 3.05 bits per heavy atom. The second-order valence-electron chi connectivity index (χ2n) is 5.07. The lowest BCUT2D eigenvalue weighted by atomic mass is 10.1. The maximum absolute atomic E-state index is 11.3. The fourth-order valence-corrected chi connectivity index (χ4v) is 2.62. The molecule has 6 heteroatoms. The number of aromatic amines is 1. The van der Waals surface area contributed by atoms with Crippen molar-refractivity contribution >= 4 is 5.97 Å². The Balaban J connectivity index is 2.11. The Morgan fingerprint density at radius 1 is 1.58 bits per heavy atom. The van der Waals surface area contributed by atoms with Crippen LogP contribution in [0.2, 0.25) is 0 Å². The van der Waals surface area contributed by atoms with Crippen LogP contribution in [0.3, 0.4) is 0 Å². The summed E-state index contributed by atoms with van der Waals surface area (Å²) in [6, 6.07) is 0. The number of aromatic carboxylic acids is 1. The van der Waals surface area contributed by atoms with E-state index in [0.717, 1.165) is 42.3 Å². The summed E-state index contributed by atoms with van der Waals surface area (Å²) in [6.45, 7) is 1.64. The number of H-pyrrole nitrogens is 1. The molecule has 3 heterocycles. The highest BCUT2D eigenvalue weighted by atomic mass is 16.4. The third-order valence-electron chi connectivity index (χ3n) is 3.42. The van der Waals surface area contributed by atoms with Crippen molar-refractivity contribution in [1.29, 1.82) is 0 Å². The Morgan fingerprint density at radius 2 is 2.37 bits per heavy atom. The summed E-state index contributed by atoms with van der Waals surface area (Å²) in [5.41, 5.74) is 3.12. The summed E-state index contributed by atoms with van der Waals surface area (Å²) in [6.07, 6.45) is 4.21. The summed E-state index contributed by atoms with van der Waals surface area (Å²) in [4.78, 5) is 20.8. The van der Waals surface area contributed by atoms with Crippen LogP contribution < -0.4 is 0 Å².